The first kappa shape index (κ1) is 12.4. The van der Waals surface area contributed by atoms with E-state index in [1.54, 1.807) is 0 Å². The van der Waals surface area contributed by atoms with Gasteiger partial charge in [-0.3, -0.25) is 0 Å². The van der Waals surface area contributed by atoms with E-state index in [-0.39, 0.29) is 12.6 Å². The Morgan fingerprint density at radius 1 is 1.44 bits per heavy atom. The van der Waals surface area contributed by atoms with E-state index in [9.17, 15) is 4.79 Å². The highest BCUT2D eigenvalue weighted by Gasteiger charge is 2.09. The summed E-state index contributed by atoms with van der Waals surface area (Å²) in [6.45, 7) is 5.87. The molecule has 0 unspecified atom stereocenters. The summed E-state index contributed by atoms with van der Waals surface area (Å²) in [6, 6.07) is 5.78. The second kappa shape index (κ2) is 5.04. The topological polar surface area (TPSA) is 43.6 Å². The van der Waals surface area contributed by atoms with Gasteiger partial charge in [-0.2, -0.15) is 0 Å². The van der Waals surface area contributed by atoms with Gasteiger partial charge in [0.1, 0.15) is 12.3 Å². The summed E-state index contributed by atoms with van der Waals surface area (Å²) in [5.41, 5.74) is 3.57. The fourth-order valence-electron chi connectivity index (χ4n) is 1.75. The van der Waals surface area contributed by atoms with Gasteiger partial charge >= 0.3 is 5.97 Å². The molecule has 0 saturated carbocycles. The second-order valence-electron chi connectivity index (χ2n) is 4.40. The van der Waals surface area contributed by atoms with Crippen LogP contribution in [0.1, 0.15) is 25.2 Å². The summed E-state index contributed by atoms with van der Waals surface area (Å²) in [7, 11) is 0. The maximum atomic E-state index is 11.5. The SMILES string of the molecule is CC(C)=CC(=O)OCc1c(C)nc2ccccn12. The molecule has 2 aromatic heterocycles. The third-order valence-electron chi connectivity index (χ3n) is 2.59. The first-order chi connectivity index (χ1) is 8.58. The van der Waals surface area contributed by atoms with Crippen molar-refractivity contribution in [2.45, 2.75) is 27.4 Å². The van der Waals surface area contributed by atoms with Crippen LogP contribution >= 0.6 is 0 Å². The normalized spacial score (nSPS) is 10.4. The largest absolute Gasteiger partial charge is 0.456 e. The van der Waals surface area contributed by atoms with E-state index in [0.29, 0.717) is 0 Å². The molecule has 0 radical (unpaired) electrons. The summed E-state index contributed by atoms with van der Waals surface area (Å²) in [5.74, 6) is -0.319. The monoisotopic (exact) mass is 244 g/mol. The van der Waals surface area contributed by atoms with Crippen molar-refractivity contribution in [3.8, 4) is 0 Å². The molecular weight excluding hydrogens is 228 g/mol. The number of aryl methyl sites for hydroxylation is 1. The lowest BCUT2D eigenvalue weighted by Crippen LogP contribution is -2.04. The van der Waals surface area contributed by atoms with Crippen molar-refractivity contribution in [2.24, 2.45) is 0 Å². The molecule has 2 rings (SSSR count). The van der Waals surface area contributed by atoms with E-state index in [4.69, 9.17) is 4.74 Å². The number of esters is 1. The minimum Gasteiger partial charge on any atom is -0.456 e. The molecule has 0 bridgehead atoms. The van der Waals surface area contributed by atoms with E-state index in [1.165, 1.54) is 6.08 Å². The number of aromatic nitrogens is 2. The van der Waals surface area contributed by atoms with Crippen LogP contribution in [0.3, 0.4) is 0 Å². The Kier molecular flexibility index (Phi) is 3.46. The summed E-state index contributed by atoms with van der Waals surface area (Å²) >= 11 is 0. The van der Waals surface area contributed by atoms with Crippen molar-refractivity contribution in [2.75, 3.05) is 0 Å². The van der Waals surface area contributed by atoms with Crippen LogP contribution in [0.2, 0.25) is 0 Å². The van der Waals surface area contributed by atoms with Crippen LogP contribution in [-0.2, 0) is 16.1 Å². The van der Waals surface area contributed by atoms with Crippen LogP contribution in [0.25, 0.3) is 5.65 Å². The van der Waals surface area contributed by atoms with Gasteiger partial charge in [-0.25, -0.2) is 9.78 Å². The first-order valence-electron chi connectivity index (χ1n) is 5.82. The quantitative estimate of drug-likeness (QED) is 0.616. The zero-order valence-electron chi connectivity index (χ0n) is 10.8. The summed E-state index contributed by atoms with van der Waals surface area (Å²) in [4.78, 5) is 15.9. The standard InChI is InChI=1S/C14H16N2O2/c1-10(2)8-14(17)18-9-12-11(3)15-13-6-4-5-7-16(12)13/h4-8H,9H2,1-3H3. The number of hydrogen-bond acceptors (Lipinski definition) is 3. The fraction of sp³-hybridized carbons (Fsp3) is 0.286. The molecule has 0 aliphatic carbocycles. The Morgan fingerprint density at radius 2 is 2.22 bits per heavy atom. The van der Waals surface area contributed by atoms with Gasteiger partial charge in [0.15, 0.2) is 0 Å². The molecule has 4 nitrogen and oxygen atoms in total. The van der Waals surface area contributed by atoms with E-state index in [0.717, 1.165) is 22.6 Å². The van der Waals surface area contributed by atoms with Crippen molar-refractivity contribution in [1.29, 1.82) is 0 Å². The fourth-order valence-corrected chi connectivity index (χ4v) is 1.75. The van der Waals surface area contributed by atoms with Gasteiger partial charge in [0.05, 0.1) is 11.4 Å². The molecular formula is C14H16N2O2. The Hall–Kier alpha value is -2.10. The average Bonchev–Trinajstić information content (AvgIpc) is 2.61. The Morgan fingerprint density at radius 3 is 2.94 bits per heavy atom. The van der Waals surface area contributed by atoms with E-state index in [1.807, 2.05) is 49.6 Å². The molecule has 94 valence electrons. The number of imidazole rings is 1. The summed E-state index contributed by atoms with van der Waals surface area (Å²) < 4.78 is 7.15. The predicted molar refractivity (Wildman–Crippen MR) is 69.2 cm³/mol. The molecule has 2 aromatic rings. The Bertz CT molecular complexity index is 607. The molecule has 0 spiro atoms. The minimum atomic E-state index is -0.319. The van der Waals surface area contributed by atoms with Crippen molar-refractivity contribution >= 4 is 11.6 Å². The van der Waals surface area contributed by atoms with Crippen LogP contribution in [-0.4, -0.2) is 15.4 Å². The molecule has 4 heteroatoms. The molecule has 0 aromatic carbocycles. The van der Waals surface area contributed by atoms with E-state index < -0.39 is 0 Å². The molecule has 18 heavy (non-hydrogen) atoms. The highest BCUT2D eigenvalue weighted by atomic mass is 16.5. The number of fused-ring (bicyclic) bond motifs is 1. The van der Waals surface area contributed by atoms with Crippen LogP contribution in [0.5, 0.6) is 0 Å². The first-order valence-corrected chi connectivity index (χ1v) is 5.82. The zero-order chi connectivity index (χ0) is 13.1. The van der Waals surface area contributed by atoms with Gasteiger partial charge in [0.2, 0.25) is 0 Å². The number of pyridine rings is 1. The molecule has 2 heterocycles. The van der Waals surface area contributed by atoms with Gasteiger partial charge in [0, 0.05) is 12.3 Å². The van der Waals surface area contributed by atoms with Crippen molar-refractivity contribution in [3.05, 3.63) is 47.4 Å². The molecule has 0 aliphatic rings. The highest BCUT2D eigenvalue weighted by Crippen LogP contribution is 2.12. The second-order valence-corrected chi connectivity index (χ2v) is 4.40. The average molecular weight is 244 g/mol. The maximum Gasteiger partial charge on any atom is 0.331 e. The van der Waals surface area contributed by atoms with E-state index >= 15 is 0 Å². The van der Waals surface area contributed by atoms with Crippen molar-refractivity contribution in [1.82, 2.24) is 9.38 Å². The van der Waals surface area contributed by atoms with Crippen LogP contribution in [0, 0.1) is 6.92 Å². The number of carbonyl (C=O) groups excluding carboxylic acids is 1. The lowest BCUT2D eigenvalue weighted by Gasteiger charge is -2.03. The number of hydrogen-bond donors (Lipinski definition) is 0. The zero-order valence-corrected chi connectivity index (χ0v) is 10.8. The van der Waals surface area contributed by atoms with Crippen molar-refractivity contribution < 1.29 is 9.53 Å². The maximum absolute atomic E-state index is 11.5. The van der Waals surface area contributed by atoms with Crippen LogP contribution in [0.15, 0.2) is 36.0 Å². The van der Waals surface area contributed by atoms with Gasteiger partial charge in [-0.15, -0.1) is 0 Å². The number of allylic oxidation sites excluding steroid dienone is 1. The van der Waals surface area contributed by atoms with Gasteiger partial charge < -0.3 is 9.14 Å². The third kappa shape index (κ3) is 2.59. The van der Waals surface area contributed by atoms with Crippen molar-refractivity contribution in [3.63, 3.8) is 0 Å². The number of nitrogens with zero attached hydrogens (tertiary/aromatic N) is 2. The van der Waals surface area contributed by atoms with Crippen LogP contribution in [0.4, 0.5) is 0 Å². The number of carbonyl (C=O) groups is 1. The molecule has 0 saturated heterocycles. The van der Waals surface area contributed by atoms with Gasteiger partial charge in [-0.1, -0.05) is 11.6 Å². The summed E-state index contributed by atoms with van der Waals surface area (Å²) in [6.07, 6.45) is 3.40. The predicted octanol–water partition coefficient (Wildman–Crippen LogP) is 2.65. The number of rotatable bonds is 3. The molecule has 0 atom stereocenters. The number of ether oxygens (including phenoxy) is 1. The van der Waals surface area contributed by atoms with Gasteiger partial charge in [-0.05, 0) is 32.9 Å². The van der Waals surface area contributed by atoms with E-state index in [2.05, 4.69) is 4.98 Å². The molecule has 0 aliphatic heterocycles. The van der Waals surface area contributed by atoms with Gasteiger partial charge in [0.25, 0.3) is 0 Å². The van der Waals surface area contributed by atoms with Crippen LogP contribution < -0.4 is 0 Å². The third-order valence-corrected chi connectivity index (χ3v) is 2.59. The molecule has 0 N–H and O–H groups in total. The smallest absolute Gasteiger partial charge is 0.331 e. The minimum absolute atomic E-state index is 0.236. The summed E-state index contributed by atoms with van der Waals surface area (Å²) in [5, 5.41) is 0. The highest BCUT2D eigenvalue weighted by molar-refractivity contribution is 5.82. The Balaban J connectivity index is 2.19. The lowest BCUT2D eigenvalue weighted by atomic mass is 10.3. The molecule has 0 fully saturated rings. The molecule has 0 amide bonds. The Labute approximate surface area is 106 Å². The lowest BCUT2D eigenvalue weighted by molar-refractivity contribution is -0.139.